The van der Waals surface area contributed by atoms with Crippen molar-refractivity contribution in [1.29, 1.82) is 0 Å². The molecular formula is C14H26O4. The van der Waals surface area contributed by atoms with Crippen molar-refractivity contribution in [2.45, 2.75) is 64.2 Å². The molecule has 4 heteroatoms. The lowest BCUT2D eigenvalue weighted by Crippen LogP contribution is -2.05. The molecule has 0 aliphatic rings. The predicted octanol–water partition coefficient (Wildman–Crippen LogP) is 3.87. The van der Waals surface area contributed by atoms with Gasteiger partial charge in [-0.2, -0.15) is 0 Å². The van der Waals surface area contributed by atoms with Crippen LogP contribution < -0.4 is 0 Å². The van der Waals surface area contributed by atoms with Crippen molar-refractivity contribution >= 4 is 12.4 Å². The highest BCUT2D eigenvalue weighted by Gasteiger charge is 1.98. The van der Waals surface area contributed by atoms with Crippen molar-refractivity contribution < 1.29 is 19.1 Å². The van der Waals surface area contributed by atoms with Crippen molar-refractivity contribution in [2.24, 2.45) is 0 Å². The summed E-state index contributed by atoms with van der Waals surface area (Å²) in [5, 5.41) is 0. The summed E-state index contributed by atoms with van der Waals surface area (Å²) in [5.41, 5.74) is 0. The van der Waals surface area contributed by atoms with Gasteiger partial charge in [0.15, 0.2) is 0 Å². The highest BCUT2D eigenvalue weighted by atomic mass is 16.7. The van der Waals surface area contributed by atoms with E-state index in [9.17, 15) is 9.59 Å². The van der Waals surface area contributed by atoms with Crippen LogP contribution in [-0.2, 0) is 14.3 Å². The quantitative estimate of drug-likeness (QED) is 0.303. The first kappa shape index (κ1) is 16.9. The lowest BCUT2D eigenvalue weighted by Gasteiger charge is -2.03. The van der Waals surface area contributed by atoms with E-state index in [4.69, 9.17) is 4.74 Å². The van der Waals surface area contributed by atoms with Gasteiger partial charge in [0.25, 0.3) is 0 Å². The number of unbranched alkanes of at least 4 members (excludes halogenated alkanes) is 9. The van der Waals surface area contributed by atoms with Crippen LogP contribution in [-0.4, -0.2) is 26.2 Å². The van der Waals surface area contributed by atoms with Crippen LogP contribution >= 0.6 is 0 Å². The molecule has 0 aromatic heterocycles. The maximum Gasteiger partial charge on any atom is 0.507 e. The van der Waals surface area contributed by atoms with Crippen LogP contribution in [0, 0.1) is 0 Å². The first-order valence-electron chi connectivity index (χ1n) is 6.95. The van der Waals surface area contributed by atoms with Crippen LogP contribution in [0.2, 0.25) is 0 Å². The van der Waals surface area contributed by atoms with E-state index in [1.54, 1.807) is 0 Å². The fourth-order valence-corrected chi connectivity index (χ4v) is 1.78. The third-order valence-corrected chi connectivity index (χ3v) is 2.85. The molecule has 0 rings (SSSR count). The SMILES string of the molecule is COC(=O)OCCCCCCCCCCCC=O. The van der Waals surface area contributed by atoms with Crippen molar-refractivity contribution in [3.05, 3.63) is 0 Å². The fraction of sp³-hybridized carbons (Fsp3) is 0.857. The average Bonchev–Trinajstić information content (AvgIpc) is 2.39. The Labute approximate surface area is 110 Å². The lowest BCUT2D eigenvalue weighted by atomic mass is 10.1. The summed E-state index contributed by atoms with van der Waals surface area (Å²) >= 11 is 0. The van der Waals surface area contributed by atoms with E-state index in [0.29, 0.717) is 13.0 Å². The summed E-state index contributed by atoms with van der Waals surface area (Å²) in [5.74, 6) is 0. The highest BCUT2D eigenvalue weighted by Crippen LogP contribution is 2.10. The number of rotatable bonds is 12. The van der Waals surface area contributed by atoms with Gasteiger partial charge >= 0.3 is 6.16 Å². The molecule has 0 aliphatic heterocycles. The van der Waals surface area contributed by atoms with Gasteiger partial charge in [-0.05, 0) is 12.8 Å². The van der Waals surface area contributed by atoms with E-state index >= 15 is 0 Å². The third kappa shape index (κ3) is 13.0. The first-order chi connectivity index (χ1) is 8.81. The number of methoxy groups -OCH3 is 1. The molecule has 0 spiro atoms. The number of hydrogen-bond donors (Lipinski definition) is 0. The molecule has 0 atom stereocenters. The van der Waals surface area contributed by atoms with Gasteiger partial charge in [0.1, 0.15) is 6.29 Å². The Hall–Kier alpha value is -1.06. The molecule has 18 heavy (non-hydrogen) atoms. The Balaban J connectivity index is 2.98. The summed E-state index contributed by atoms with van der Waals surface area (Å²) in [6.07, 6.45) is 11.5. The molecule has 0 radical (unpaired) electrons. The highest BCUT2D eigenvalue weighted by molar-refractivity contribution is 5.59. The minimum Gasteiger partial charge on any atom is -0.438 e. The fourth-order valence-electron chi connectivity index (χ4n) is 1.78. The molecular weight excluding hydrogens is 232 g/mol. The van der Waals surface area contributed by atoms with E-state index in [1.807, 2.05) is 0 Å². The van der Waals surface area contributed by atoms with Gasteiger partial charge in [0, 0.05) is 6.42 Å². The van der Waals surface area contributed by atoms with Crippen LogP contribution in [0.5, 0.6) is 0 Å². The summed E-state index contributed by atoms with van der Waals surface area (Å²) in [7, 11) is 1.32. The molecule has 0 aromatic carbocycles. The summed E-state index contributed by atoms with van der Waals surface area (Å²) in [6.45, 7) is 0.457. The van der Waals surface area contributed by atoms with Crippen molar-refractivity contribution in [1.82, 2.24) is 0 Å². The van der Waals surface area contributed by atoms with Crippen LogP contribution in [0.4, 0.5) is 4.79 Å². The lowest BCUT2D eigenvalue weighted by molar-refractivity contribution is -0.107. The zero-order chi connectivity index (χ0) is 13.5. The van der Waals surface area contributed by atoms with Gasteiger partial charge < -0.3 is 14.3 Å². The Morgan fingerprint density at radius 1 is 0.889 bits per heavy atom. The normalized spacial score (nSPS) is 10.1. The maximum absolute atomic E-state index is 10.6. The minimum atomic E-state index is -0.592. The third-order valence-electron chi connectivity index (χ3n) is 2.85. The number of aldehydes is 1. The van der Waals surface area contributed by atoms with Gasteiger partial charge in [0.2, 0.25) is 0 Å². The Bertz CT molecular complexity index is 204. The number of hydrogen-bond acceptors (Lipinski definition) is 4. The largest absolute Gasteiger partial charge is 0.507 e. The van der Waals surface area contributed by atoms with E-state index in [1.165, 1.54) is 45.6 Å². The standard InChI is InChI=1S/C14H26O4/c1-17-14(16)18-13-11-9-7-5-3-2-4-6-8-10-12-15/h12H,2-11,13H2,1H3. The molecule has 4 nitrogen and oxygen atoms in total. The topological polar surface area (TPSA) is 52.6 Å². The minimum absolute atomic E-state index is 0.457. The maximum atomic E-state index is 10.6. The molecule has 106 valence electrons. The summed E-state index contributed by atoms with van der Waals surface area (Å²) in [4.78, 5) is 20.7. The van der Waals surface area contributed by atoms with Crippen LogP contribution in [0.25, 0.3) is 0 Å². The average molecular weight is 258 g/mol. The van der Waals surface area contributed by atoms with E-state index in [0.717, 1.165) is 25.5 Å². The molecule has 0 heterocycles. The van der Waals surface area contributed by atoms with Crippen molar-refractivity contribution in [3.8, 4) is 0 Å². The second-order valence-corrected chi connectivity index (χ2v) is 4.44. The van der Waals surface area contributed by atoms with E-state index in [-0.39, 0.29) is 0 Å². The molecule has 0 N–H and O–H groups in total. The zero-order valence-electron chi connectivity index (χ0n) is 11.5. The number of ether oxygens (including phenoxy) is 2. The molecule has 0 bridgehead atoms. The Morgan fingerprint density at radius 3 is 1.89 bits per heavy atom. The molecule has 0 aliphatic carbocycles. The first-order valence-corrected chi connectivity index (χ1v) is 6.95. The number of carbonyl (C=O) groups excluding carboxylic acids is 2. The van der Waals surface area contributed by atoms with Crippen molar-refractivity contribution in [3.63, 3.8) is 0 Å². The van der Waals surface area contributed by atoms with Gasteiger partial charge in [0.05, 0.1) is 13.7 Å². The molecule has 0 unspecified atom stereocenters. The molecule has 0 aromatic rings. The monoisotopic (exact) mass is 258 g/mol. The molecule has 0 amide bonds. The predicted molar refractivity (Wildman–Crippen MR) is 70.6 cm³/mol. The van der Waals surface area contributed by atoms with Gasteiger partial charge in [-0.1, -0.05) is 44.9 Å². The summed E-state index contributed by atoms with van der Waals surface area (Å²) < 4.78 is 9.15. The Kier molecular flexibility index (Phi) is 13.2. The zero-order valence-corrected chi connectivity index (χ0v) is 11.5. The van der Waals surface area contributed by atoms with Crippen LogP contribution in [0.1, 0.15) is 64.2 Å². The molecule has 0 fully saturated rings. The summed E-state index contributed by atoms with van der Waals surface area (Å²) in [6, 6.07) is 0. The molecule has 0 saturated carbocycles. The van der Waals surface area contributed by atoms with Crippen LogP contribution in [0.3, 0.4) is 0 Å². The smallest absolute Gasteiger partial charge is 0.438 e. The van der Waals surface area contributed by atoms with Crippen LogP contribution in [0.15, 0.2) is 0 Å². The van der Waals surface area contributed by atoms with Gasteiger partial charge in [-0.25, -0.2) is 4.79 Å². The van der Waals surface area contributed by atoms with Crippen molar-refractivity contribution in [2.75, 3.05) is 13.7 Å². The van der Waals surface area contributed by atoms with E-state index < -0.39 is 6.16 Å². The Morgan fingerprint density at radius 2 is 1.39 bits per heavy atom. The van der Waals surface area contributed by atoms with E-state index in [2.05, 4.69) is 4.74 Å². The second kappa shape index (κ2) is 14.0. The number of carbonyl (C=O) groups is 2. The van der Waals surface area contributed by atoms with Gasteiger partial charge in [-0.3, -0.25) is 0 Å². The van der Waals surface area contributed by atoms with Gasteiger partial charge in [-0.15, -0.1) is 0 Å². The second-order valence-electron chi connectivity index (χ2n) is 4.44. The molecule has 0 saturated heterocycles.